The van der Waals surface area contributed by atoms with Gasteiger partial charge in [-0.2, -0.15) is 5.10 Å². The molecule has 0 aliphatic heterocycles. The topological polar surface area (TPSA) is 73.0 Å². The van der Waals surface area contributed by atoms with Crippen molar-refractivity contribution in [2.24, 2.45) is 0 Å². The number of anilines is 1. The van der Waals surface area contributed by atoms with E-state index in [0.717, 1.165) is 12.8 Å². The van der Waals surface area contributed by atoms with Gasteiger partial charge in [-0.15, -0.1) is 11.3 Å². The molecule has 6 nitrogen and oxygen atoms in total. The van der Waals surface area contributed by atoms with Gasteiger partial charge in [0.05, 0.1) is 4.92 Å². The zero-order chi connectivity index (χ0) is 15.4. The largest absolute Gasteiger partial charge is 0.362 e. The minimum absolute atomic E-state index is 0.0847. The lowest BCUT2D eigenvalue weighted by atomic mass is 10.2. The second kappa shape index (κ2) is 6.71. The Balaban J connectivity index is 2.22. The van der Waals surface area contributed by atoms with Crippen molar-refractivity contribution >= 4 is 22.8 Å². The van der Waals surface area contributed by atoms with E-state index in [9.17, 15) is 10.1 Å². The van der Waals surface area contributed by atoms with Crippen molar-refractivity contribution in [3.8, 4) is 0 Å². The van der Waals surface area contributed by atoms with E-state index in [1.165, 1.54) is 4.88 Å². The summed E-state index contributed by atoms with van der Waals surface area (Å²) in [6.45, 7) is 6.41. The Morgan fingerprint density at radius 2 is 2.33 bits per heavy atom. The molecule has 0 amide bonds. The molecule has 2 rings (SSSR count). The summed E-state index contributed by atoms with van der Waals surface area (Å²) >= 11 is 1.70. The molecule has 21 heavy (non-hydrogen) atoms. The highest BCUT2D eigenvalue weighted by Gasteiger charge is 2.26. The molecule has 0 fully saturated rings. The molecule has 0 spiro atoms. The van der Waals surface area contributed by atoms with Gasteiger partial charge in [0.1, 0.15) is 5.69 Å². The summed E-state index contributed by atoms with van der Waals surface area (Å²) < 4.78 is 1.71. The monoisotopic (exact) mass is 308 g/mol. The summed E-state index contributed by atoms with van der Waals surface area (Å²) in [5, 5.41) is 20.9. The van der Waals surface area contributed by atoms with Crippen LogP contribution in [0, 0.1) is 17.0 Å². The van der Waals surface area contributed by atoms with Crippen molar-refractivity contribution in [1.82, 2.24) is 9.78 Å². The van der Waals surface area contributed by atoms with Crippen molar-refractivity contribution in [3.05, 3.63) is 38.2 Å². The molecule has 7 heteroatoms. The van der Waals surface area contributed by atoms with Crippen LogP contribution in [0.1, 0.15) is 30.8 Å². The van der Waals surface area contributed by atoms with Crippen molar-refractivity contribution in [2.45, 2.75) is 46.2 Å². The molecule has 1 atom stereocenters. The number of hydrogen-bond acceptors (Lipinski definition) is 5. The van der Waals surface area contributed by atoms with E-state index in [0.29, 0.717) is 18.1 Å². The Kier molecular flexibility index (Phi) is 4.95. The van der Waals surface area contributed by atoms with E-state index in [1.807, 2.05) is 25.3 Å². The first-order valence-electron chi connectivity index (χ1n) is 7.03. The third kappa shape index (κ3) is 3.60. The maximum atomic E-state index is 11.3. The summed E-state index contributed by atoms with van der Waals surface area (Å²) in [5.74, 6) is 0.517. The van der Waals surface area contributed by atoms with Gasteiger partial charge in [0.2, 0.25) is 5.82 Å². The van der Waals surface area contributed by atoms with Gasteiger partial charge < -0.3 is 5.32 Å². The first-order valence-corrected chi connectivity index (χ1v) is 7.91. The van der Waals surface area contributed by atoms with Gasteiger partial charge in [-0.3, -0.25) is 10.1 Å². The van der Waals surface area contributed by atoms with E-state index >= 15 is 0 Å². The number of nitro groups is 1. The van der Waals surface area contributed by atoms with Gasteiger partial charge in [0.15, 0.2) is 0 Å². The Hall–Kier alpha value is -1.89. The molecule has 0 saturated heterocycles. The summed E-state index contributed by atoms with van der Waals surface area (Å²) in [6, 6.07) is 4.20. The third-order valence-electron chi connectivity index (χ3n) is 3.18. The molecule has 2 aromatic rings. The van der Waals surface area contributed by atoms with Crippen LogP contribution in [0.5, 0.6) is 0 Å². The number of nitrogens with zero attached hydrogens (tertiary/aromatic N) is 3. The van der Waals surface area contributed by atoms with Crippen LogP contribution in [-0.4, -0.2) is 20.7 Å². The number of nitrogens with one attached hydrogen (secondary N) is 1. The van der Waals surface area contributed by atoms with Crippen LogP contribution >= 0.6 is 11.3 Å². The molecule has 0 aliphatic rings. The van der Waals surface area contributed by atoms with Crippen molar-refractivity contribution in [2.75, 3.05) is 5.32 Å². The van der Waals surface area contributed by atoms with Crippen LogP contribution in [0.4, 0.5) is 11.5 Å². The zero-order valence-corrected chi connectivity index (χ0v) is 13.3. The second-order valence-corrected chi connectivity index (χ2v) is 6.12. The normalized spacial score (nSPS) is 12.3. The highest BCUT2D eigenvalue weighted by Crippen LogP contribution is 2.29. The Morgan fingerprint density at radius 1 is 1.57 bits per heavy atom. The van der Waals surface area contributed by atoms with E-state index in [4.69, 9.17) is 0 Å². The predicted octanol–water partition coefficient (Wildman–Crippen LogP) is 3.61. The zero-order valence-electron chi connectivity index (χ0n) is 12.5. The third-order valence-corrected chi connectivity index (χ3v) is 4.08. The molecule has 1 N–H and O–H groups in total. The van der Waals surface area contributed by atoms with Gasteiger partial charge in [0, 0.05) is 23.9 Å². The van der Waals surface area contributed by atoms with Crippen LogP contribution < -0.4 is 5.32 Å². The lowest BCUT2D eigenvalue weighted by Gasteiger charge is -2.15. The highest BCUT2D eigenvalue weighted by molar-refractivity contribution is 7.09. The average Bonchev–Trinajstić information content (AvgIpc) is 2.99. The molecule has 0 aromatic carbocycles. The van der Waals surface area contributed by atoms with Gasteiger partial charge in [0.25, 0.3) is 0 Å². The number of aromatic nitrogens is 2. The van der Waals surface area contributed by atoms with Gasteiger partial charge in [-0.25, -0.2) is 4.68 Å². The van der Waals surface area contributed by atoms with Crippen LogP contribution in [0.2, 0.25) is 0 Å². The first kappa shape index (κ1) is 15.5. The van der Waals surface area contributed by atoms with Crippen LogP contribution in [0.15, 0.2) is 17.5 Å². The Labute approximate surface area is 127 Å². The quantitative estimate of drug-likeness (QED) is 0.626. The van der Waals surface area contributed by atoms with Crippen molar-refractivity contribution in [3.63, 3.8) is 0 Å². The fourth-order valence-electron chi connectivity index (χ4n) is 2.32. The minimum Gasteiger partial charge on any atom is -0.362 e. The highest BCUT2D eigenvalue weighted by atomic mass is 32.1. The summed E-state index contributed by atoms with van der Waals surface area (Å²) in [4.78, 5) is 12.2. The van der Waals surface area contributed by atoms with E-state index in [-0.39, 0.29) is 16.7 Å². The fourth-order valence-corrected chi connectivity index (χ4v) is 3.16. The first-order chi connectivity index (χ1) is 10.0. The average molecular weight is 308 g/mol. The SMILES string of the molecule is CCCn1nc(C)c([N+](=O)[O-])c1NC(C)Cc1cccs1. The molecule has 2 heterocycles. The number of rotatable bonds is 7. The summed E-state index contributed by atoms with van der Waals surface area (Å²) in [5.41, 5.74) is 0.542. The molecule has 2 aromatic heterocycles. The van der Waals surface area contributed by atoms with Crippen molar-refractivity contribution < 1.29 is 4.92 Å². The second-order valence-electron chi connectivity index (χ2n) is 5.09. The molecule has 1 unspecified atom stereocenters. The predicted molar refractivity (Wildman–Crippen MR) is 85.0 cm³/mol. The summed E-state index contributed by atoms with van der Waals surface area (Å²) in [6.07, 6.45) is 1.72. The lowest BCUT2D eigenvalue weighted by molar-refractivity contribution is -0.384. The van der Waals surface area contributed by atoms with Gasteiger partial charge in [-0.1, -0.05) is 13.0 Å². The summed E-state index contributed by atoms with van der Waals surface area (Å²) in [7, 11) is 0. The lowest BCUT2D eigenvalue weighted by Crippen LogP contribution is -2.21. The number of thiophene rings is 1. The Bertz CT molecular complexity index is 607. The molecule has 114 valence electrons. The molecular weight excluding hydrogens is 288 g/mol. The van der Waals surface area contributed by atoms with E-state index in [2.05, 4.69) is 16.5 Å². The molecular formula is C14H20N4O2S. The number of aryl methyl sites for hydroxylation is 2. The minimum atomic E-state index is -0.352. The maximum Gasteiger partial charge on any atom is 0.333 e. The van der Waals surface area contributed by atoms with Crippen LogP contribution in [0.25, 0.3) is 0 Å². The van der Waals surface area contributed by atoms with E-state index in [1.54, 1.807) is 22.9 Å². The molecule has 0 aliphatic carbocycles. The fraction of sp³-hybridized carbons (Fsp3) is 0.500. The maximum absolute atomic E-state index is 11.3. The standard InChI is InChI=1S/C14H20N4O2S/c1-4-7-17-14(13(18(19)20)11(3)16-17)15-10(2)9-12-6-5-8-21-12/h5-6,8,10,15H,4,7,9H2,1-3H3. The molecule has 0 saturated carbocycles. The van der Waals surface area contributed by atoms with Crippen molar-refractivity contribution in [1.29, 1.82) is 0 Å². The van der Waals surface area contributed by atoms with E-state index < -0.39 is 0 Å². The van der Waals surface area contributed by atoms with Crippen LogP contribution in [0.3, 0.4) is 0 Å². The smallest absolute Gasteiger partial charge is 0.333 e. The van der Waals surface area contributed by atoms with Gasteiger partial charge >= 0.3 is 5.69 Å². The van der Waals surface area contributed by atoms with Crippen LogP contribution in [-0.2, 0) is 13.0 Å². The molecule has 0 bridgehead atoms. The number of hydrogen-bond donors (Lipinski definition) is 1. The molecule has 0 radical (unpaired) electrons. The Morgan fingerprint density at radius 3 is 2.90 bits per heavy atom. The van der Waals surface area contributed by atoms with Gasteiger partial charge in [-0.05, 0) is 31.7 Å².